The predicted molar refractivity (Wildman–Crippen MR) is 65.1 cm³/mol. The van der Waals surface area contributed by atoms with Gasteiger partial charge in [0, 0.05) is 18.6 Å². The van der Waals surface area contributed by atoms with Gasteiger partial charge in [0.15, 0.2) is 0 Å². The van der Waals surface area contributed by atoms with Crippen LogP contribution in [0, 0.1) is 0 Å². The van der Waals surface area contributed by atoms with Crippen molar-refractivity contribution in [3.05, 3.63) is 0 Å². The third kappa shape index (κ3) is 3.18. The number of nitrogens with zero attached hydrogens (tertiary/aromatic N) is 1. The van der Waals surface area contributed by atoms with Crippen LogP contribution in [-0.2, 0) is 0 Å². The Morgan fingerprint density at radius 3 is 2.13 bits per heavy atom. The Balaban J connectivity index is 1.82. The van der Waals surface area contributed by atoms with E-state index in [0.717, 1.165) is 12.1 Å². The Morgan fingerprint density at radius 1 is 0.867 bits per heavy atom. The molecule has 2 heteroatoms. The molecule has 2 aliphatic rings. The summed E-state index contributed by atoms with van der Waals surface area (Å²) in [6.07, 6.45) is 11.5. The molecule has 1 aliphatic heterocycles. The lowest BCUT2D eigenvalue weighted by atomic mass is 9.95. The fourth-order valence-corrected chi connectivity index (χ4v) is 3.13. The lowest BCUT2D eigenvalue weighted by Gasteiger charge is -2.34. The van der Waals surface area contributed by atoms with Crippen molar-refractivity contribution in [2.24, 2.45) is 0 Å². The van der Waals surface area contributed by atoms with Crippen LogP contribution in [0.5, 0.6) is 0 Å². The first-order valence-corrected chi connectivity index (χ1v) is 6.80. The molecule has 0 spiro atoms. The maximum absolute atomic E-state index is 3.48. The third-order valence-corrected chi connectivity index (χ3v) is 4.26. The molecule has 0 radical (unpaired) electrons. The first-order chi connectivity index (χ1) is 7.38. The molecule has 1 atom stereocenters. The normalized spacial score (nSPS) is 30.4. The minimum atomic E-state index is 0.814. The van der Waals surface area contributed by atoms with Crippen LogP contribution < -0.4 is 5.32 Å². The van der Waals surface area contributed by atoms with E-state index in [1.165, 1.54) is 64.5 Å². The van der Waals surface area contributed by atoms with Gasteiger partial charge in [0.1, 0.15) is 0 Å². The molecular weight excluding hydrogens is 184 g/mol. The van der Waals surface area contributed by atoms with Crippen molar-refractivity contribution < 1.29 is 0 Å². The monoisotopic (exact) mass is 210 g/mol. The summed E-state index contributed by atoms with van der Waals surface area (Å²) in [5.74, 6) is 0. The molecule has 1 unspecified atom stereocenters. The minimum Gasteiger partial charge on any atom is -0.315 e. The van der Waals surface area contributed by atoms with Crippen LogP contribution in [0.15, 0.2) is 0 Å². The van der Waals surface area contributed by atoms with Crippen LogP contribution in [0.1, 0.15) is 51.4 Å². The van der Waals surface area contributed by atoms with Gasteiger partial charge in [0.25, 0.3) is 0 Å². The molecule has 0 aromatic carbocycles. The summed E-state index contributed by atoms with van der Waals surface area (Å²) in [7, 11) is 2.35. The van der Waals surface area contributed by atoms with Gasteiger partial charge in [-0.05, 0) is 32.9 Å². The van der Waals surface area contributed by atoms with Crippen LogP contribution in [0.4, 0.5) is 0 Å². The van der Waals surface area contributed by atoms with Crippen molar-refractivity contribution in [2.45, 2.75) is 63.5 Å². The van der Waals surface area contributed by atoms with E-state index in [0.29, 0.717) is 0 Å². The molecule has 2 fully saturated rings. The highest BCUT2D eigenvalue weighted by Crippen LogP contribution is 2.23. The van der Waals surface area contributed by atoms with Gasteiger partial charge < -0.3 is 5.32 Å². The number of likely N-dealkylation sites (N-methyl/N-ethyl adjacent to an activating group) is 1. The highest BCUT2D eigenvalue weighted by Gasteiger charge is 2.25. The van der Waals surface area contributed by atoms with E-state index in [2.05, 4.69) is 17.3 Å². The zero-order chi connectivity index (χ0) is 10.5. The molecule has 1 saturated heterocycles. The summed E-state index contributed by atoms with van der Waals surface area (Å²) < 4.78 is 0. The average Bonchev–Trinajstić information content (AvgIpc) is 2.68. The predicted octanol–water partition coefficient (Wildman–Crippen LogP) is 2.39. The number of hydrogen-bond donors (Lipinski definition) is 1. The summed E-state index contributed by atoms with van der Waals surface area (Å²) in [6, 6.07) is 1.68. The Labute approximate surface area is 94.4 Å². The van der Waals surface area contributed by atoms with Crippen molar-refractivity contribution in [1.82, 2.24) is 10.2 Å². The summed E-state index contributed by atoms with van der Waals surface area (Å²) >= 11 is 0. The fourth-order valence-electron chi connectivity index (χ4n) is 3.13. The van der Waals surface area contributed by atoms with Crippen LogP contribution in [0.3, 0.4) is 0 Å². The lowest BCUT2D eigenvalue weighted by molar-refractivity contribution is 0.155. The number of hydrogen-bond acceptors (Lipinski definition) is 2. The fraction of sp³-hybridized carbons (Fsp3) is 1.00. The maximum atomic E-state index is 3.48. The smallest absolute Gasteiger partial charge is 0.0232 e. The van der Waals surface area contributed by atoms with E-state index in [-0.39, 0.29) is 0 Å². The van der Waals surface area contributed by atoms with Gasteiger partial charge in [-0.25, -0.2) is 0 Å². The minimum absolute atomic E-state index is 0.814. The maximum Gasteiger partial charge on any atom is 0.0232 e. The van der Waals surface area contributed by atoms with Crippen LogP contribution in [0.2, 0.25) is 0 Å². The van der Waals surface area contributed by atoms with Gasteiger partial charge in [-0.1, -0.05) is 32.1 Å². The molecule has 0 amide bonds. The largest absolute Gasteiger partial charge is 0.315 e. The van der Waals surface area contributed by atoms with Crippen molar-refractivity contribution in [3.63, 3.8) is 0 Å². The Bertz CT molecular complexity index is 167. The molecule has 2 rings (SSSR count). The zero-order valence-corrected chi connectivity index (χ0v) is 10.2. The van der Waals surface area contributed by atoms with Crippen LogP contribution in [-0.4, -0.2) is 37.1 Å². The van der Waals surface area contributed by atoms with Crippen molar-refractivity contribution in [3.8, 4) is 0 Å². The van der Waals surface area contributed by atoms with Gasteiger partial charge in [-0.2, -0.15) is 0 Å². The van der Waals surface area contributed by atoms with Crippen LogP contribution >= 0.6 is 0 Å². The molecule has 1 heterocycles. The standard InChI is InChI=1S/C13H26N2/c1-15(13-9-10-14-11-13)12-7-5-3-2-4-6-8-12/h12-14H,2-11H2,1H3. The van der Waals surface area contributed by atoms with Gasteiger partial charge in [-0.3, -0.25) is 4.90 Å². The van der Waals surface area contributed by atoms with Crippen molar-refractivity contribution >= 4 is 0 Å². The second kappa shape index (κ2) is 5.86. The highest BCUT2D eigenvalue weighted by atomic mass is 15.2. The molecule has 15 heavy (non-hydrogen) atoms. The molecule has 88 valence electrons. The van der Waals surface area contributed by atoms with E-state index >= 15 is 0 Å². The third-order valence-electron chi connectivity index (χ3n) is 4.26. The summed E-state index contributed by atoms with van der Waals surface area (Å²) in [5.41, 5.74) is 0. The first-order valence-electron chi connectivity index (χ1n) is 6.80. The van der Waals surface area contributed by atoms with Crippen molar-refractivity contribution in [1.29, 1.82) is 0 Å². The van der Waals surface area contributed by atoms with E-state index in [4.69, 9.17) is 0 Å². The number of rotatable bonds is 2. The molecule has 1 N–H and O–H groups in total. The van der Waals surface area contributed by atoms with Gasteiger partial charge in [-0.15, -0.1) is 0 Å². The molecule has 0 bridgehead atoms. The van der Waals surface area contributed by atoms with Gasteiger partial charge >= 0.3 is 0 Å². The summed E-state index contributed by atoms with van der Waals surface area (Å²) in [6.45, 7) is 2.44. The van der Waals surface area contributed by atoms with Gasteiger partial charge in [0.2, 0.25) is 0 Å². The first kappa shape index (κ1) is 11.4. The Morgan fingerprint density at radius 2 is 1.53 bits per heavy atom. The topological polar surface area (TPSA) is 15.3 Å². The van der Waals surface area contributed by atoms with E-state index < -0.39 is 0 Å². The molecule has 1 saturated carbocycles. The van der Waals surface area contributed by atoms with E-state index in [1.54, 1.807) is 0 Å². The van der Waals surface area contributed by atoms with E-state index in [9.17, 15) is 0 Å². The molecule has 0 aromatic heterocycles. The Kier molecular flexibility index (Phi) is 4.45. The summed E-state index contributed by atoms with van der Waals surface area (Å²) in [4.78, 5) is 2.67. The zero-order valence-electron chi connectivity index (χ0n) is 10.2. The number of nitrogens with one attached hydrogen (secondary N) is 1. The van der Waals surface area contributed by atoms with E-state index in [1.807, 2.05) is 0 Å². The Hall–Kier alpha value is -0.0800. The SMILES string of the molecule is CN(C1CCCCCCC1)C1CCNC1. The second-order valence-electron chi connectivity index (χ2n) is 5.31. The van der Waals surface area contributed by atoms with Crippen molar-refractivity contribution in [2.75, 3.05) is 20.1 Å². The quantitative estimate of drug-likeness (QED) is 0.753. The van der Waals surface area contributed by atoms with Crippen LogP contribution in [0.25, 0.3) is 0 Å². The average molecular weight is 210 g/mol. The second-order valence-corrected chi connectivity index (χ2v) is 5.31. The molecule has 1 aliphatic carbocycles. The molecule has 2 nitrogen and oxygen atoms in total. The molecular formula is C13H26N2. The van der Waals surface area contributed by atoms with Gasteiger partial charge in [0.05, 0.1) is 0 Å². The molecule has 0 aromatic rings. The summed E-state index contributed by atoms with van der Waals surface area (Å²) in [5, 5.41) is 3.48. The highest BCUT2D eigenvalue weighted by molar-refractivity contribution is 4.83. The lowest BCUT2D eigenvalue weighted by Crippen LogP contribution is -2.41.